The molecule has 1 atom stereocenters. The maximum atomic E-state index is 11.8. The Kier molecular flexibility index (Phi) is 20.3. The molecular formula is C29H59NO4P+. The molecule has 0 spiro atoms. The number of aliphatic hydroxyl groups is 1. The van der Waals surface area contributed by atoms with Crippen molar-refractivity contribution in [2.75, 3.05) is 27.7 Å². The highest BCUT2D eigenvalue weighted by Crippen LogP contribution is 2.52. The molecule has 0 saturated heterocycles. The molecule has 35 heavy (non-hydrogen) atoms. The van der Waals surface area contributed by atoms with Crippen LogP contribution in [0.4, 0.5) is 0 Å². The van der Waals surface area contributed by atoms with E-state index in [-0.39, 0.29) is 13.0 Å². The van der Waals surface area contributed by atoms with E-state index in [4.69, 9.17) is 0 Å². The Labute approximate surface area is 217 Å². The van der Waals surface area contributed by atoms with Crippen molar-refractivity contribution in [3.8, 4) is 0 Å². The number of allylic oxidation sites excluding steroid dienone is 4. The van der Waals surface area contributed by atoms with E-state index in [9.17, 15) is 19.5 Å². The van der Waals surface area contributed by atoms with E-state index in [1.807, 2.05) is 21.1 Å². The molecule has 0 heterocycles. The summed E-state index contributed by atoms with van der Waals surface area (Å²) < 4.78 is 12.1. The predicted molar refractivity (Wildman–Crippen MR) is 152 cm³/mol. The number of likely N-dealkylation sites (N-methyl/N-ethyl adjacent to an activating group) is 1. The van der Waals surface area contributed by atoms with E-state index < -0.39 is 12.9 Å². The summed E-state index contributed by atoms with van der Waals surface area (Å²) in [6.07, 6.45) is 31.4. The molecule has 5 nitrogen and oxygen atoms in total. The van der Waals surface area contributed by atoms with Crippen molar-refractivity contribution < 1.29 is 23.9 Å². The molecule has 0 amide bonds. The van der Waals surface area contributed by atoms with E-state index in [1.54, 1.807) is 0 Å². The second-order valence-corrected chi connectivity index (χ2v) is 13.3. The van der Waals surface area contributed by atoms with Gasteiger partial charge >= 0.3 is 7.60 Å². The summed E-state index contributed by atoms with van der Waals surface area (Å²) >= 11 is 0. The van der Waals surface area contributed by atoms with Crippen molar-refractivity contribution in [2.45, 2.75) is 134 Å². The molecule has 6 heteroatoms. The molecule has 0 bridgehead atoms. The summed E-state index contributed by atoms with van der Waals surface area (Å²) in [7, 11) is 0.934. The minimum absolute atomic E-state index is 0.0443. The van der Waals surface area contributed by atoms with Gasteiger partial charge in [-0.3, -0.25) is 4.57 Å². The van der Waals surface area contributed by atoms with Gasteiger partial charge in [-0.2, -0.15) is 0 Å². The first-order valence-electron chi connectivity index (χ1n) is 14.4. The monoisotopic (exact) mass is 516 g/mol. The molecule has 0 aliphatic carbocycles. The largest absolute Gasteiger partial charge is 0.373 e. The summed E-state index contributed by atoms with van der Waals surface area (Å²) in [6.45, 7) is 2.32. The molecule has 0 aromatic rings. The number of quaternary nitrogens is 1. The Hall–Kier alpha value is -0.450. The minimum atomic E-state index is -4.56. The van der Waals surface area contributed by atoms with Crippen LogP contribution in [0.5, 0.6) is 0 Å². The third kappa shape index (κ3) is 21.4. The number of unbranched alkanes of at least 4 members (excludes halogenated alkanes) is 15. The van der Waals surface area contributed by atoms with E-state index >= 15 is 0 Å². The number of rotatable bonds is 24. The Morgan fingerprint density at radius 3 is 1.31 bits per heavy atom. The van der Waals surface area contributed by atoms with Gasteiger partial charge in [0.1, 0.15) is 6.54 Å². The molecule has 0 fully saturated rings. The quantitative estimate of drug-likeness (QED) is 0.0524. The Morgan fingerprint density at radius 2 is 0.971 bits per heavy atom. The summed E-state index contributed by atoms with van der Waals surface area (Å²) in [5, 5.41) is 8.62. The van der Waals surface area contributed by atoms with E-state index in [2.05, 4.69) is 31.2 Å². The summed E-state index contributed by atoms with van der Waals surface area (Å²) in [5.41, 5.74) is 0. The molecule has 0 radical (unpaired) electrons. The second kappa shape index (κ2) is 20.6. The van der Waals surface area contributed by atoms with Crippen LogP contribution in [0.25, 0.3) is 0 Å². The maximum absolute atomic E-state index is 11.8. The molecule has 0 aliphatic heterocycles. The van der Waals surface area contributed by atoms with Crippen molar-refractivity contribution in [1.29, 1.82) is 0 Å². The molecule has 0 aliphatic rings. The molecule has 0 aromatic carbocycles. The first-order valence-corrected chi connectivity index (χ1v) is 16.0. The summed E-state index contributed by atoms with van der Waals surface area (Å²) in [4.78, 5) is 19.2. The van der Waals surface area contributed by atoms with Crippen molar-refractivity contribution >= 4 is 7.60 Å². The average Bonchev–Trinajstić information content (AvgIpc) is 2.75. The molecular weight excluding hydrogens is 457 g/mol. The van der Waals surface area contributed by atoms with Crippen LogP contribution in [-0.2, 0) is 4.57 Å². The fourth-order valence-electron chi connectivity index (χ4n) is 4.49. The van der Waals surface area contributed by atoms with Gasteiger partial charge in [-0.1, -0.05) is 89.0 Å². The predicted octanol–water partition coefficient (Wildman–Crippen LogP) is 8.10. The highest BCUT2D eigenvalue weighted by Gasteiger charge is 2.48. The van der Waals surface area contributed by atoms with Gasteiger partial charge in [0.2, 0.25) is 5.34 Å². The molecule has 208 valence electrons. The van der Waals surface area contributed by atoms with Crippen LogP contribution in [0.3, 0.4) is 0 Å². The van der Waals surface area contributed by atoms with Crippen LogP contribution in [0.1, 0.15) is 129 Å². The molecule has 0 aromatic heterocycles. The van der Waals surface area contributed by atoms with E-state index in [0.717, 1.165) is 19.3 Å². The smallest absolute Gasteiger partial charge is 0.362 e. The standard InChI is InChI=1S/C29H58NO4P/c1-5-6-7-8-9-10-11-12-13-14-15-16-17-18-19-20-21-22-23-24-25-26-27-29(31,35(32,33)34)28-30(2,3)4/h13-14,22-23,31H,5-12,15-21,24-28H2,1-4H3,(H-,32,33,34)/p+1/b14-13-,23-22-. The zero-order valence-electron chi connectivity index (χ0n) is 23.6. The molecule has 0 rings (SSSR count). The fourth-order valence-corrected chi connectivity index (χ4v) is 5.55. The second-order valence-electron chi connectivity index (χ2n) is 11.4. The van der Waals surface area contributed by atoms with E-state index in [1.165, 1.54) is 89.9 Å². The van der Waals surface area contributed by atoms with Gasteiger partial charge in [0.05, 0.1) is 21.1 Å². The first kappa shape index (κ1) is 34.6. The number of hydrogen-bond acceptors (Lipinski definition) is 2. The maximum Gasteiger partial charge on any atom is 0.362 e. The Morgan fingerprint density at radius 1 is 0.629 bits per heavy atom. The van der Waals surface area contributed by atoms with Crippen molar-refractivity contribution in [3.63, 3.8) is 0 Å². The molecule has 3 N–H and O–H groups in total. The van der Waals surface area contributed by atoms with Gasteiger partial charge in [-0.25, -0.2) is 0 Å². The lowest BCUT2D eigenvalue weighted by Crippen LogP contribution is -2.49. The Bertz CT molecular complexity index is 594. The van der Waals surface area contributed by atoms with Gasteiger partial charge in [0.25, 0.3) is 0 Å². The third-order valence-corrected chi connectivity index (χ3v) is 7.97. The van der Waals surface area contributed by atoms with Crippen LogP contribution in [0.2, 0.25) is 0 Å². The first-order chi connectivity index (χ1) is 16.5. The van der Waals surface area contributed by atoms with Crippen LogP contribution in [0, 0.1) is 0 Å². The van der Waals surface area contributed by atoms with Gasteiger partial charge in [-0.05, 0) is 64.2 Å². The zero-order valence-corrected chi connectivity index (χ0v) is 24.5. The van der Waals surface area contributed by atoms with Gasteiger partial charge in [0, 0.05) is 0 Å². The fraction of sp³-hybridized carbons (Fsp3) is 0.862. The lowest BCUT2D eigenvalue weighted by Gasteiger charge is -2.35. The van der Waals surface area contributed by atoms with Gasteiger partial charge < -0.3 is 19.4 Å². The minimum Gasteiger partial charge on any atom is -0.373 e. The topological polar surface area (TPSA) is 77.8 Å². The number of nitrogens with zero attached hydrogens (tertiary/aromatic N) is 1. The summed E-state index contributed by atoms with van der Waals surface area (Å²) in [6, 6.07) is 0. The Balaban J connectivity index is 3.60. The van der Waals surface area contributed by atoms with Crippen molar-refractivity contribution in [1.82, 2.24) is 0 Å². The summed E-state index contributed by atoms with van der Waals surface area (Å²) in [5.74, 6) is 0. The van der Waals surface area contributed by atoms with Crippen LogP contribution in [0.15, 0.2) is 24.3 Å². The number of hydrogen-bond donors (Lipinski definition) is 3. The normalized spacial score (nSPS) is 14.8. The lowest BCUT2D eigenvalue weighted by molar-refractivity contribution is -0.875. The van der Waals surface area contributed by atoms with Crippen LogP contribution >= 0.6 is 7.60 Å². The average molecular weight is 517 g/mol. The van der Waals surface area contributed by atoms with Crippen LogP contribution < -0.4 is 0 Å². The van der Waals surface area contributed by atoms with E-state index in [0.29, 0.717) is 10.9 Å². The van der Waals surface area contributed by atoms with Gasteiger partial charge in [0.15, 0.2) is 0 Å². The molecule has 0 saturated carbocycles. The van der Waals surface area contributed by atoms with Crippen molar-refractivity contribution in [3.05, 3.63) is 24.3 Å². The van der Waals surface area contributed by atoms with Crippen LogP contribution in [-0.4, -0.2) is 52.4 Å². The SMILES string of the molecule is CCCCCCCCC/C=C\CCCCCCC/C=C\CCCCC(O)(C[N+](C)(C)C)P(=O)(O)O. The van der Waals surface area contributed by atoms with Gasteiger partial charge in [-0.15, -0.1) is 0 Å². The van der Waals surface area contributed by atoms with Crippen molar-refractivity contribution in [2.24, 2.45) is 0 Å². The lowest BCUT2D eigenvalue weighted by atomic mass is 10.1. The molecule has 1 unspecified atom stereocenters. The zero-order chi connectivity index (χ0) is 26.5. The highest BCUT2D eigenvalue weighted by molar-refractivity contribution is 7.53. The third-order valence-electron chi connectivity index (χ3n) is 6.52. The highest BCUT2D eigenvalue weighted by atomic mass is 31.2.